The number of hydrogen-bond donors (Lipinski definition) is 1. The molecule has 1 unspecified atom stereocenters. The Kier molecular flexibility index (Phi) is 5.18. The SMILES string of the molecule is COc1cccc(CNCC(C)Cn2ccnc2C)c1. The van der Waals surface area contributed by atoms with Crippen LogP contribution in [0.15, 0.2) is 36.7 Å². The van der Waals surface area contributed by atoms with E-state index in [1.54, 1.807) is 7.11 Å². The van der Waals surface area contributed by atoms with Gasteiger partial charge in [-0.1, -0.05) is 19.1 Å². The highest BCUT2D eigenvalue weighted by molar-refractivity contribution is 5.28. The van der Waals surface area contributed by atoms with Crippen molar-refractivity contribution in [1.82, 2.24) is 14.9 Å². The Bertz CT molecular complexity index is 536. The summed E-state index contributed by atoms with van der Waals surface area (Å²) in [5.74, 6) is 2.55. The van der Waals surface area contributed by atoms with Crippen molar-refractivity contribution in [3.05, 3.63) is 48.0 Å². The molecule has 1 atom stereocenters. The summed E-state index contributed by atoms with van der Waals surface area (Å²) >= 11 is 0. The monoisotopic (exact) mass is 273 g/mol. The fourth-order valence-electron chi connectivity index (χ4n) is 2.24. The molecule has 0 radical (unpaired) electrons. The molecule has 1 aromatic heterocycles. The van der Waals surface area contributed by atoms with Crippen molar-refractivity contribution in [1.29, 1.82) is 0 Å². The molecular formula is C16H23N3O. The van der Waals surface area contributed by atoms with Crippen LogP contribution in [0.2, 0.25) is 0 Å². The topological polar surface area (TPSA) is 39.1 Å². The first-order chi connectivity index (χ1) is 9.69. The third-order valence-electron chi connectivity index (χ3n) is 3.39. The fourth-order valence-corrected chi connectivity index (χ4v) is 2.24. The maximum absolute atomic E-state index is 5.23. The summed E-state index contributed by atoms with van der Waals surface area (Å²) in [6.45, 7) is 7.13. The molecule has 2 rings (SSSR count). The fraction of sp³-hybridized carbons (Fsp3) is 0.438. The van der Waals surface area contributed by atoms with Gasteiger partial charge in [0.2, 0.25) is 0 Å². The van der Waals surface area contributed by atoms with Crippen molar-refractivity contribution >= 4 is 0 Å². The van der Waals surface area contributed by atoms with Crippen molar-refractivity contribution < 1.29 is 4.74 Å². The van der Waals surface area contributed by atoms with Gasteiger partial charge in [0.15, 0.2) is 0 Å². The van der Waals surface area contributed by atoms with E-state index in [0.717, 1.165) is 31.2 Å². The van der Waals surface area contributed by atoms with Crippen LogP contribution in [0.25, 0.3) is 0 Å². The first kappa shape index (κ1) is 14.6. The van der Waals surface area contributed by atoms with E-state index in [4.69, 9.17) is 4.74 Å². The molecule has 1 N–H and O–H groups in total. The molecule has 0 bridgehead atoms. The average Bonchev–Trinajstić information content (AvgIpc) is 2.84. The lowest BCUT2D eigenvalue weighted by Crippen LogP contribution is -2.24. The number of rotatable bonds is 7. The molecular weight excluding hydrogens is 250 g/mol. The minimum atomic E-state index is 0.563. The molecule has 4 heteroatoms. The summed E-state index contributed by atoms with van der Waals surface area (Å²) in [6, 6.07) is 8.17. The van der Waals surface area contributed by atoms with E-state index in [-0.39, 0.29) is 0 Å². The highest BCUT2D eigenvalue weighted by Gasteiger charge is 2.05. The number of aromatic nitrogens is 2. The molecule has 0 saturated carbocycles. The second-order valence-corrected chi connectivity index (χ2v) is 5.21. The van der Waals surface area contributed by atoms with E-state index in [1.807, 2.05) is 31.5 Å². The Morgan fingerprint density at radius 1 is 1.40 bits per heavy atom. The highest BCUT2D eigenvalue weighted by atomic mass is 16.5. The highest BCUT2D eigenvalue weighted by Crippen LogP contribution is 2.12. The lowest BCUT2D eigenvalue weighted by atomic mass is 10.1. The molecule has 0 amide bonds. The van der Waals surface area contributed by atoms with Gasteiger partial charge in [0.25, 0.3) is 0 Å². The van der Waals surface area contributed by atoms with Gasteiger partial charge in [-0.25, -0.2) is 4.98 Å². The Labute approximate surface area is 120 Å². The lowest BCUT2D eigenvalue weighted by Gasteiger charge is -2.14. The number of methoxy groups -OCH3 is 1. The average molecular weight is 273 g/mol. The van der Waals surface area contributed by atoms with Crippen LogP contribution in [0, 0.1) is 12.8 Å². The molecule has 0 aliphatic carbocycles. The number of nitrogens with zero attached hydrogens (tertiary/aromatic N) is 2. The second-order valence-electron chi connectivity index (χ2n) is 5.21. The van der Waals surface area contributed by atoms with Crippen LogP contribution in [0.4, 0.5) is 0 Å². The molecule has 1 aromatic carbocycles. The van der Waals surface area contributed by atoms with Crippen molar-refractivity contribution in [3.63, 3.8) is 0 Å². The third-order valence-corrected chi connectivity index (χ3v) is 3.39. The van der Waals surface area contributed by atoms with Gasteiger partial charge < -0.3 is 14.6 Å². The number of ether oxygens (including phenoxy) is 1. The number of hydrogen-bond acceptors (Lipinski definition) is 3. The molecule has 0 aliphatic heterocycles. The smallest absolute Gasteiger partial charge is 0.119 e. The summed E-state index contributed by atoms with van der Waals surface area (Å²) in [5.41, 5.74) is 1.25. The normalized spacial score (nSPS) is 12.3. The van der Waals surface area contributed by atoms with Gasteiger partial charge in [-0.2, -0.15) is 0 Å². The summed E-state index contributed by atoms with van der Waals surface area (Å²) in [5, 5.41) is 3.50. The van der Waals surface area contributed by atoms with Gasteiger partial charge in [0.05, 0.1) is 7.11 Å². The van der Waals surface area contributed by atoms with Crippen LogP contribution in [0.5, 0.6) is 5.75 Å². The first-order valence-corrected chi connectivity index (χ1v) is 7.00. The summed E-state index contributed by atoms with van der Waals surface area (Å²) in [6.07, 6.45) is 3.89. The van der Waals surface area contributed by atoms with Gasteiger partial charge in [0.1, 0.15) is 11.6 Å². The molecule has 0 saturated heterocycles. The Balaban J connectivity index is 1.76. The number of nitrogens with one attached hydrogen (secondary N) is 1. The van der Waals surface area contributed by atoms with E-state index in [9.17, 15) is 0 Å². The molecule has 0 spiro atoms. The minimum absolute atomic E-state index is 0.563. The Hall–Kier alpha value is -1.81. The number of benzene rings is 1. The van der Waals surface area contributed by atoms with E-state index in [2.05, 4.69) is 33.9 Å². The molecule has 2 aromatic rings. The van der Waals surface area contributed by atoms with Crippen molar-refractivity contribution in [3.8, 4) is 5.75 Å². The molecule has 108 valence electrons. The summed E-state index contributed by atoms with van der Waals surface area (Å²) in [4.78, 5) is 4.25. The second kappa shape index (κ2) is 7.10. The summed E-state index contributed by atoms with van der Waals surface area (Å²) < 4.78 is 7.42. The van der Waals surface area contributed by atoms with Gasteiger partial charge in [0, 0.05) is 25.5 Å². The van der Waals surface area contributed by atoms with Crippen molar-refractivity contribution in [2.24, 2.45) is 5.92 Å². The standard InChI is InChI=1S/C16H23N3O/c1-13(12-19-8-7-18-14(19)2)10-17-11-15-5-4-6-16(9-15)20-3/h4-9,13,17H,10-12H2,1-3H3. The van der Waals surface area contributed by atoms with Crippen LogP contribution in [-0.2, 0) is 13.1 Å². The maximum Gasteiger partial charge on any atom is 0.119 e. The third kappa shape index (κ3) is 4.10. The van der Waals surface area contributed by atoms with E-state index < -0.39 is 0 Å². The lowest BCUT2D eigenvalue weighted by molar-refractivity contribution is 0.413. The number of imidazole rings is 1. The Morgan fingerprint density at radius 3 is 2.95 bits per heavy atom. The zero-order valence-electron chi connectivity index (χ0n) is 12.5. The molecule has 0 fully saturated rings. The van der Waals surface area contributed by atoms with Crippen molar-refractivity contribution in [2.45, 2.75) is 26.9 Å². The number of aryl methyl sites for hydroxylation is 1. The van der Waals surface area contributed by atoms with Gasteiger partial charge in [-0.05, 0) is 37.1 Å². The van der Waals surface area contributed by atoms with Crippen LogP contribution in [-0.4, -0.2) is 23.2 Å². The Morgan fingerprint density at radius 2 is 2.25 bits per heavy atom. The van der Waals surface area contributed by atoms with Crippen LogP contribution in [0.3, 0.4) is 0 Å². The predicted molar refractivity (Wildman–Crippen MR) is 80.8 cm³/mol. The van der Waals surface area contributed by atoms with Gasteiger partial charge in [-0.3, -0.25) is 0 Å². The van der Waals surface area contributed by atoms with Gasteiger partial charge >= 0.3 is 0 Å². The molecule has 0 aliphatic rings. The molecule has 1 heterocycles. The van der Waals surface area contributed by atoms with E-state index in [1.165, 1.54) is 5.56 Å². The molecule has 20 heavy (non-hydrogen) atoms. The predicted octanol–water partition coefficient (Wildman–Crippen LogP) is 2.63. The zero-order valence-corrected chi connectivity index (χ0v) is 12.5. The van der Waals surface area contributed by atoms with Crippen LogP contribution in [0.1, 0.15) is 18.3 Å². The van der Waals surface area contributed by atoms with E-state index in [0.29, 0.717) is 5.92 Å². The first-order valence-electron chi connectivity index (χ1n) is 7.00. The minimum Gasteiger partial charge on any atom is -0.497 e. The maximum atomic E-state index is 5.23. The van der Waals surface area contributed by atoms with Crippen LogP contribution >= 0.6 is 0 Å². The summed E-state index contributed by atoms with van der Waals surface area (Å²) in [7, 11) is 1.70. The largest absolute Gasteiger partial charge is 0.497 e. The zero-order chi connectivity index (χ0) is 14.4. The van der Waals surface area contributed by atoms with E-state index >= 15 is 0 Å². The van der Waals surface area contributed by atoms with Crippen LogP contribution < -0.4 is 10.1 Å². The van der Waals surface area contributed by atoms with Gasteiger partial charge in [-0.15, -0.1) is 0 Å². The van der Waals surface area contributed by atoms with Crippen molar-refractivity contribution in [2.75, 3.05) is 13.7 Å². The quantitative estimate of drug-likeness (QED) is 0.843. The molecule has 4 nitrogen and oxygen atoms in total.